The lowest BCUT2D eigenvalue weighted by atomic mass is 9.66. The minimum absolute atomic E-state index is 0.0906. The average Bonchev–Trinajstić information content (AvgIpc) is 2.74. The summed E-state index contributed by atoms with van der Waals surface area (Å²) in [7, 11) is -0.0906. The van der Waals surface area contributed by atoms with Crippen molar-refractivity contribution < 1.29 is 9.31 Å². The van der Waals surface area contributed by atoms with Gasteiger partial charge in [0.25, 0.3) is 0 Å². The zero-order chi connectivity index (χ0) is 16.5. The highest BCUT2D eigenvalue weighted by Gasteiger charge is 2.51. The highest BCUT2D eigenvalue weighted by atomic mass is 16.7. The number of hydrogen-bond donors (Lipinski definition) is 0. The van der Waals surface area contributed by atoms with Crippen LogP contribution in [0.25, 0.3) is 0 Å². The van der Waals surface area contributed by atoms with Gasteiger partial charge in [-0.3, -0.25) is 0 Å². The molecule has 0 spiro atoms. The fourth-order valence-corrected chi connectivity index (χ4v) is 4.11. The molecule has 0 amide bonds. The fraction of sp³-hybridized carbons (Fsp3) is 0.700. The van der Waals surface area contributed by atoms with Crippen LogP contribution >= 0.6 is 0 Å². The summed E-state index contributed by atoms with van der Waals surface area (Å²) in [4.78, 5) is 0. The Kier molecular flexibility index (Phi) is 4.89. The molecule has 0 aromatic heterocycles. The highest BCUT2D eigenvalue weighted by molar-refractivity contribution is 6.45. The van der Waals surface area contributed by atoms with Gasteiger partial charge >= 0.3 is 7.12 Å². The molecule has 2 nitrogen and oxygen atoms in total. The Labute approximate surface area is 142 Å². The molecule has 1 atom stereocenters. The van der Waals surface area contributed by atoms with Crippen LogP contribution in [0.2, 0.25) is 6.32 Å². The number of benzene rings is 1. The van der Waals surface area contributed by atoms with Crippen LogP contribution in [0.3, 0.4) is 0 Å². The van der Waals surface area contributed by atoms with E-state index in [-0.39, 0.29) is 18.3 Å². The molecule has 1 aromatic rings. The van der Waals surface area contributed by atoms with Gasteiger partial charge in [-0.15, -0.1) is 0 Å². The zero-order valence-electron chi connectivity index (χ0n) is 15.2. The molecule has 1 unspecified atom stereocenters. The summed E-state index contributed by atoms with van der Waals surface area (Å²) in [6.45, 7) is 8.58. The molecule has 1 saturated carbocycles. The molecule has 0 N–H and O–H groups in total. The molecule has 2 fully saturated rings. The average molecular weight is 314 g/mol. The van der Waals surface area contributed by atoms with Crippen molar-refractivity contribution in [3.05, 3.63) is 35.9 Å². The minimum atomic E-state index is -0.231. The summed E-state index contributed by atoms with van der Waals surface area (Å²) in [5.74, 6) is 1.32. The second-order valence-electron chi connectivity index (χ2n) is 8.34. The first-order valence-corrected chi connectivity index (χ1v) is 9.30. The Bertz CT molecular complexity index is 490. The van der Waals surface area contributed by atoms with Crippen molar-refractivity contribution in [1.82, 2.24) is 0 Å². The maximum absolute atomic E-state index is 6.28. The van der Waals surface area contributed by atoms with Gasteiger partial charge in [0.15, 0.2) is 0 Å². The quantitative estimate of drug-likeness (QED) is 0.689. The predicted molar refractivity (Wildman–Crippen MR) is 96.6 cm³/mol. The second-order valence-corrected chi connectivity index (χ2v) is 8.34. The summed E-state index contributed by atoms with van der Waals surface area (Å²) >= 11 is 0. The van der Waals surface area contributed by atoms with Crippen molar-refractivity contribution >= 4 is 7.12 Å². The van der Waals surface area contributed by atoms with Gasteiger partial charge in [0, 0.05) is 0 Å². The van der Waals surface area contributed by atoms with Crippen molar-refractivity contribution in [2.45, 2.75) is 83.2 Å². The normalized spacial score (nSPS) is 25.5. The predicted octanol–water partition coefficient (Wildman–Crippen LogP) is 5.44. The fourth-order valence-electron chi connectivity index (χ4n) is 4.11. The Morgan fingerprint density at radius 2 is 1.52 bits per heavy atom. The van der Waals surface area contributed by atoms with E-state index in [0.29, 0.717) is 5.92 Å². The highest BCUT2D eigenvalue weighted by Crippen LogP contribution is 2.44. The van der Waals surface area contributed by atoms with Gasteiger partial charge in [-0.1, -0.05) is 49.6 Å². The van der Waals surface area contributed by atoms with E-state index in [4.69, 9.17) is 9.31 Å². The van der Waals surface area contributed by atoms with Gasteiger partial charge in [-0.25, -0.2) is 0 Å². The van der Waals surface area contributed by atoms with Crippen LogP contribution in [-0.2, 0) is 9.31 Å². The summed E-state index contributed by atoms with van der Waals surface area (Å²) in [5.41, 5.74) is 0.992. The van der Waals surface area contributed by atoms with Crippen LogP contribution in [0.4, 0.5) is 0 Å². The van der Waals surface area contributed by atoms with Crippen molar-refractivity contribution in [2.75, 3.05) is 0 Å². The minimum Gasteiger partial charge on any atom is -0.403 e. The number of rotatable bonds is 4. The van der Waals surface area contributed by atoms with Crippen LogP contribution in [0.15, 0.2) is 30.3 Å². The topological polar surface area (TPSA) is 18.5 Å². The molecule has 1 aliphatic heterocycles. The molecular formula is C20H31BO2. The van der Waals surface area contributed by atoms with E-state index in [9.17, 15) is 0 Å². The Morgan fingerprint density at radius 1 is 0.957 bits per heavy atom. The van der Waals surface area contributed by atoms with E-state index in [2.05, 4.69) is 58.0 Å². The molecule has 2 aliphatic rings. The summed E-state index contributed by atoms with van der Waals surface area (Å²) in [6, 6.07) is 11.0. The van der Waals surface area contributed by atoms with Gasteiger partial charge in [-0.2, -0.15) is 0 Å². The maximum Gasteiger partial charge on any atom is 0.458 e. The zero-order valence-corrected chi connectivity index (χ0v) is 15.2. The van der Waals surface area contributed by atoms with Crippen LogP contribution < -0.4 is 0 Å². The third-order valence-electron chi connectivity index (χ3n) is 6.20. The third kappa shape index (κ3) is 3.66. The lowest BCUT2D eigenvalue weighted by molar-refractivity contribution is 0.00578. The van der Waals surface area contributed by atoms with E-state index >= 15 is 0 Å². The van der Waals surface area contributed by atoms with E-state index in [1.807, 2.05) is 0 Å². The summed E-state index contributed by atoms with van der Waals surface area (Å²) in [5, 5.41) is 0. The van der Waals surface area contributed by atoms with Gasteiger partial charge in [0.2, 0.25) is 0 Å². The Balaban J connectivity index is 1.77. The molecule has 3 heteroatoms. The lowest BCUT2D eigenvalue weighted by Crippen LogP contribution is -2.41. The van der Waals surface area contributed by atoms with Gasteiger partial charge in [0.05, 0.1) is 11.2 Å². The first-order chi connectivity index (χ1) is 10.9. The maximum atomic E-state index is 6.28. The van der Waals surface area contributed by atoms with Crippen LogP contribution in [0.5, 0.6) is 0 Å². The van der Waals surface area contributed by atoms with E-state index in [0.717, 1.165) is 12.2 Å². The first-order valence-electron chi connectivity index (χ1n) is 9.30. The van der Waals surface area contributed by atoms with Crippen LogP contribution in [0, 0.1) is 5.92 Å². The van der Waals surface area contributed by atoms with Crippen LogP contribution in [-0.4, -0.2) is 18.3 Å². The van der Waals surface area contributed by atoms with E-state index < -0.39 is 0 Å². The molecule has 1 saturated heterocycles. The second kappa shape index (κ2) is 6.60. The van der Waals surface area contributed by atoms with Crippen molar-refractivity contribution in [3.63, 3.8) is 0 Å². The molecule has 1 aromatic carbocycles. The molecule has 0 bridgehead atoms. The Morgan fingerprint density at radius 3 is 2.09 bits per heavy atom. The molecule has 0 radical (unpaired) electrons. The molecule has 23 heavy (non-hydrogen) atoms. The van der Waals surface area contributed by atoms with Crippen molar-refractivity contribution in [3.8, 4) is 0 Å². The molecule has 1 aliphatic carbocycles. The van der Waals surface area contributed by atoms with E-state index in [1.54, 1.807) is 0 Å². The van der Waals surface area contributed by atoms with Gasteiger partial charge in [0.1, 0.15) is 0 Å². The molecular weight excluding hydrogens is 283 g/mol. The largest absolute Gasteiger partial charge is 0.458 e. The van der Waals surface area contributed by atoms with Gasteiger partial charge in [-0.05, 0) is 64.3 Å². The smallest absolute Gasteiger partial charge is 0.403 e. The third-order valence-corrected chi connectivity index (χ3v) is 6.20. The van der Waals surface area contributed by atoms with Crippen molar-refractivity contribution in [1.29, 1.82) is 0 Å². The van der Waals surface area contributed by atoms with Crippen LogP contribution in [0.1, 0.15) is 71.3 Å². The van der Waals surface area contributed by atoms with Gasteiger partial charge < -0.3 is 9.31 Å². The van der Waals surface area contributed by atoms with Crippen molar-refractivity contribution in [2.24, 2.45) is 5.92 Å². The molecule has 1 heterocycles. The lowest BCUT2D eigenvalue weighted by Gasteiger charge is -2.32. The standard InChI is InChI=1S/C20H31BO2/c1-19(2)20(3,4)23-21(22-19)15-18(16-11-7-5-8-12-16)17-13-9-6-10-14-17/h5,7-8,11-12,17-18H,6,9-10,13-15H2,1-4H3. The summed E-state index contributed by atoms with van der Waals surface area (Å²) in [6.07, 6.45) is 7.81. The first kappa shape index (κ1) is 17.0. The van der Waals surface area contributed by atoms with E-state index in [1.165, 1.54) is 37.7 Å². The summed E-state index contributed by atoms with van der Waals surface area (Å²) < 4.78 is 12.6. The monoisotopic (exact) mass is 314 g/mol. The molecule has 3 rings (SSSR count). The molecule has 126 valence electrons. The SMILES string of the molecule is CC1(C)OB(CC(c2ccccc2)C2CCCCC2)OC1(C)C. The Hall–Kier alpha value is -0.795. The number of hydrogen-bond acceptors (Lipinski definition) is 2.